The second-order valence-electron chi connectivity index (χ2n) is 8.90. The summed E-state index contributed by atoms with van der Waals surface area (Å²) in [5.41, 5.74) is 11.6. The summed E-state index contributed by atoms with van der Waals surface area (Å²) in [6.45, 7) is 12.4. The number of epoxide rings is 1. The lowest BCUT2D eigenvalue weighted by molar-refractivity contribution is 0.0326. The number of fused-ring (bicyclic) bond motifs is 3. The molecular formula is C22H35NO. The molecule has 2 nitrogen and oxygen atoms in total. The van der Waals surface area contributed by atoms with Gasteiger partial charge in [-0.1, -0.05) is 52.3 Å². The van der Waals surface area contributed by atoms with E-state index in [1.807, 2.05) is 0 Å². The third-order valence-electron chi connectivity index (χ3n) is 6.84. The number of benzene rings is 1. The SMILES string of the molecule is C1CO1.CC(C)c1ccc2c(c1)CC[C@H]1[C@](C)(CN)CCC[C@]21C. The summed E-state index contributed by atoms with van der Waals surface area (Å²) in [7, 11) is 0. The normalized spacial score (nSPS) is 34.0. The third kappa shape index (κ3) is 3.28. The van der Waals surface area contributed by atoms with Crippen molar-refractivity contribution in [2.24, 2.45) is 17.1 Å². The minimum absolute atomic E-state index is 0.335. The van der Waals surface area contributed by atoms with Gasteiger partial charge in [0.15, 0.2) is 0 Å². The quantitative estimate of drug-likeness (QED) is 0.792. The molecule has 3 aliphatic rings. The van der Waals surface area contributed by atoms with Crippen LogP contribution in [0.2, 0.25) is 0 Å². The Balaban J connectivity index is 0.000000508. The van der Waals surface area contributed by atoms with Gasteiger partial charge in [0.25, 0.3) is 0 Å². The molecular weight excluding hydrogens is 294 g/mol. The molecule has 2 heteroatoms. The van der Waals surface area contributed by atoms with E-state index in [4.69, 9.17) is 5.73 Å². The molecule has 0 unspecified atom stereocenters. The van der Waals surface area contributed by atoms with Gasteiger partial charge in [-0.15, -0.1) is 0 Å². The largest absolute Gasteiger partial charge is 0.377 e. The molecule has 134 valence electrons. The van der Waals surface area contributed by atoms with Gasteiger partial charge in [-0.2, -0.15) is 0 Å². The van der Waals surface area contributed by atoms with Gasteiger partial charge in [-0.05, 0) is 71.6 Å². The molecule has 0 amide bonds. The van der Waals surface area contributed by atoms with Crippen molar-refractivity contribution in [1.29, 1.82) is 0 Å². The number of aryl methyl sites for hydroxylation is 1. The lowest BCUT2D eigenvalue weighted by Gasteiger charge is -2.55. The maximum atomic E-state index is 6.19. The molecule has 1 aromatic carbocycles. The van der Waals surface area contributed by atoms with Crippen LogP contribution in [0.25, 0.3) is 0 Å². The zero-order valence-electron chi connectivity index (χ0n) is 16.0. The van der Waals surface area contributed by atoms with Gasteiger partial charge in [0.2, 0.25) is 0 Å². The molecule has 1 aliphatic heterocycles. The van der Waals surface area contributed by atoms with Gasteiger partial charge in [0, 0.05) is 0 Å². The van der Waals surface area contributed by atoms with Crippen LogP contribution in [0.5, 0.6) is 0 Å². The van der Waals surface area contributed by atoms with Crippen molar-refractivity contribution in [3.05, 3.63) is 34.9 Å². The molecule has 0 radical (unpaired) electrons. The third-order valence-corrected chi connectivity index (χ3v) is 6.84. The molecule has 1 heterocycles. The van der Waals surface area contributed by atoms with Crippen molar-refractivity contribution in [1.82, 2.24) is 0 Å². The first-order valence-corrected chi connectivity index (χ1v) is 9.82. The molecule has 2 fully saturated rings. The summed E-state index contributed by atoms with van der Waals surface area (Å²) >= 11 is 0. The van der Waals surface area contributed by atoms with E-state index >= 15 is 0 Å². The first kappa shape index (κ1) is 17.9. The smallest absolute Gasteiger partial charge is 0.0701 e. The van der Waals surface area contributed by atoms with Crippen molar-refractivity contribution < 1.29 is 4.74 Å². The van der Waals surface area contributed by atoms with Crippen molar-refractivity contribution in [3.63, 3.8) is 0 Å². The second-order valence-corrected chi connectivity index (χ2v) is 8.90. The molecule has 3 atom stereocenters. The Morgan fingerprint density at radius 2 is 1.92 bits per heavy atom. The van der Waals surface area contributed by atoms with Crippen molar-refractivity contribution >= 4 is 0 Å². The van der Waals surface area contributed by atoms with E-state index in [2.05, 4.69) is 50.6 Å². The first-order chi connectivity index (χ1) is 11.4. The van der Waals surface area contributed by atoms with E-state index in [-0.39, 0.29) is 0 Å². The molecule has 0 aromatic heterocycles. The van der Waals surface area contributed by atoms with Gasteiger partial charge in [0.1, 0.15) is 0 Å². The van der Waals surface area contributed by atoms with Crippen LogP contribution >= 0.6 is 0 Å². The monoisotopic (exact) mass is 329 g/mol. The summed E-state index contributed by atoms with van der Waals surface area (Å²) in [5.74, 6) is 1.38. The number of hydrogen-bond acceptors (Lipinski definition) is 2. The predicted molar refractivity (Wildman–Crippen MR) is 102 cm³/mol. The van der Waals surface area contributed by atoms with Crippen molar-refractivity contribution in [3.8, 4) is 0 Å². The Kier molecular flexibility index (Phi) is 5.09. The summed E-state index contributed by atoms with van der Waals surface area (Å²) < 4.78 is 4.50. The Labute approximate surface area is 148 Å². The maximum Gasteiger partial charge on any atom is 0.0701 e. The van der Waals surface area contributed by atoms with Gasteiger partial charge < -0.3 is 10.5 Å². The standard InChI is InChI=1S/C20H31N.C2H4O/c1-14(2)15-6-8-17-16(12-15)7-9-18-19(3,13-21)10-5-11-20(17,18)4;1-2-3-1/h6,8,12,14,18H,5,7,9-11,13,21H2,1-4H3;1-2H2/t18-,19-,20+;/m0./s1. The van der Waals surface area contributed by atoms with Crippen molar-refractivity contribution in [2.75, 3.05) is 19.8 Å². The summed E-state index contributed by atoms with van der Waals surface area (Å²) in [6.07, 6.45) is 6.53. The fourth-order valence-electron chi connectivity index (χ4n) is 5.25. The number of rotatable bonds is 2. The number of ether oxygens (including phenoxy) is 1. The predicted octanol–water partition coefficient (Wildman–Crippen LogP) is 4.80. The van der Waals surface area contributed by atoms with Crippen LogP contribution in [0.4, 0.5) is 0 Å². The summed E-state index contributed by atoms with van der Waals surface area (Å²) in [6, 6.07) is 7.29. The Hall–Kier alpha value is -0.860. The second kappa shape index (κ2) is 6.80. The lowest BCUT2D eigenvalue weighted by atomic mass is 9.50. The van der Waals surface area contributed by atoms with Crippen LogP contribution in [-0.2, 0) is 16.6 Å². The Bertz CT molecular complexity index is 577. The average Bonchev–Trinajstić information content (AvgIpc) is 3.43. The summed E-state index contributed by atoms with van der Waals surface area (Å²) in [5, 5.41) is 0. The van der Waals surface area contributed by atoms with Crippen LogP contribution in [-0.4, -0.2) is 19.8 Å². The van der Waals surface area contributed by atoms with Gasteiger partial charge in [-0.3, -0.25) is 0 Å². The van der Waals surface area contributed by atoms with Crippen LogP contribution in [0.1, 0.15) is 76.0 Å². The molecule has 1 saturated heterocycles. The molecule has 24 heavy (non-hydrogen) atoms. The fraction of sp³-hybridized carbons (Fsp3) is 0.727. The van der Waals surface area contributed by atoms with Crippen molar-refractivity contribution in [2.45, 2.75) is 71.1 Å². The van der Waals surface area contributed by atoms with E-state index in [9.17, 15) is 0 Å². The van der Waals surface area contributed by atoms with Gasteiger partial charge in [-0.25, -0.2) is 0 Å². The van der Waals surface area contributed by atoms with Gasteiger partial charge >= 0.3 is 0 Å². The average molecular weight is 330 g/mol. The Morgan fingerprint density at radius 1 is 1.21 bits per heavy atom. The molecule has 1 saturated carbocycles. The topological polar surface area (TPSA) is 38.5 Å². The van der Waals surface area contributed by atoms with Crippen LogP contribution in [0.15, 0.2) is 18.2 Å². The molecule has 0 spiro atoms. The highest BCUT2D eigenvalue weighted by molar-refractivity contribution is 5.42. The molecule has 2 N–H and O–H groups in total. The highest BCUT2D eigenvalue weighted by Crippen LogP contribution is 2.56. The molecule has 1 aromatic rings. The maximum absolute atomic E-state index is 6.19. The van der Waals surface area contributed by atoms with Crippen LogP contribution in [0, 0.1) is 11.3 Å². The molecule has 2 aliphatic carbocycles. The highest BCUT2D eigenvalue weighted by atomic mass is 16.6. The van der Waals surface area contributed by atoms with E-state index in [1.54, 1.807) is 11.1 Å². The molecule has 4 rings (SSSR count). The van der Waals surface area contributed by atoms with E-state index < -0.39 is 0 Å². The highest BCUT2D eigenvalue weighted by Gasteiger charge is 2.50. The van der Waals surface area contributed by atoms with E-state index in [0.29, 0.717) is 16.7 Å². The van der Waals surface area contributed by atoms with Crippen LogP contribution in [0.3, 0.4) is 0 Å². The first-order valence-electron chi connectivity index (χ1n) is 9.82. The molecule has 0 bridgehead atoms. The minimum atomic E-state index is 0.335. The number of nitrogens with two attached hydrogens (primary N) is 1. The minimum Gasteiger partial charge on any atom is -0.377 e. The van der Waals surface area contributed by atoms with Gasteiger partial charge in [0.05, 0.1) is 13.2 Å². The van der Waals surface area contributed by atoms with E-state index in [0.717, 1.165) is 25.7 Å². The number of hydrogen-bond donors (Lipinski definition) is 1. The lowest BCUT2D eigenvalue weighted by Crippen LogP contribution is -2.51. The fourth-order valence-corrected chi connectivity index (χ4v) is 5.25. The summed E-state index contributed by atoms with van der Waals surface area (Å²) in [4.78, 5) is 0. The zero-order chi connectivity index (χ0) is 17.4. The zero-order valence-corrected chi connectivity index (χ0v) is 16.0. The van der Waals surface area contributed by atoms with Crippen LogP contribution < -0.4 is 5.73 Å². The Morgan fingerprint density at radius 3 is 2.50 bits per heavy atom. The van der Waals surface area contributed by atoms with E-state index in [1.165, 1.54) is 37.7 Å².